The second-order valence-electron chi connectivity index (χ2n) is 12.4. The monoisotopic (exact) mass is 650 g/mol. The van der Waals surface area contributed by atoms with Crippen LogP contribution in [-0.4, -0.2) is 85.9 Å². The highest BCUT2D eigenvalue weighted by atomic mass is 19.1. The van der Waals surface area contributed by atoms with Crippen molar-refractivity contribution in [3.63, 3.8) is 0 Å². The molecule has 0 spiro atoms. The number of hydrogen-bond donors (Lipinski definition) is 2. The summed E-state index contributed by atoms with van der Waals surface area (Å²) < 4.78 is 51.3. The van der Waals surface area contributed by atoms with Gasteiger partial charge in [-0.3, -0.25) is 9.69 Å². The first-order valence-electron chi connectivity index (χ1n) is 15.1. The molecule has 4 aliphatic rings. The van der Waals surface area contributed by atoms with Crippen molar-refractivity contribution in [2.75, 3.05) is 36.1 Å². The second-order valence-corrected chi connectivity index (χ2v) is 12.4. The Morgan fingerprint density at radius 3 is 2.70 bits per heavy atom. The van der Waals surface area contributed by atoms with Gasteiger partial charge in [0.05, 0.1) is 48.5 Å². The molecule has 8 rings (SSSR count). The largest absolute Gasteiger partial charge is 0.487 e. The number of pyridine rings is 1. The summed E-state index contributed by atoms with van der Waals surface area (Å²) in [6, 6.07) is 4.57. The van der Waals surface area contributed by atoms with Crippen molar-refractivity contribution >= 4 is 34.3 Å². The first-order chi connectivity index (χ1) is 22.6. The Hall–Kier alpha value is -5.25. The molecule has 2 N–H and O–H groups in total. The average molecular weight is 651 g/mol. The van der Waals surface area contributed by atoms with Gasteiger partial charge in [-0.25, -0.2) is 23.1 Å². The van der Waals surface area contributed by atoms with E-state index in [4.69, 9.17) is 14.2 Å². The first-order valence-corrected chi connectivity index (χ1v) is 15.1. The number of halogens is 2. The van der Waals surface area contributed by atoms with Crippen molar-refractivity contribution in [2.45, 2.75) is 49.6 Å². The summed E-state index contributed by atoms with van der Waals surface area (Å²) in [6.45, 7) is 0.164. The maximum Gasteiger partial charge on any atom is 0.414 e. The summed E-state index contributed by atoms with van der Waals surface area (Å²) in [5.41, 5.74) is -2.11. The molecule has 2 aromatic carbocycles. The molecule has 3 fully saturated rings. The molecule has 244 valence electrons. The molecule has 0 bridgehead atoms. The van der Waals surface area contributed by atoms with Gasteiger partial charge in [0, 0.05) is 30.9 Å². The molecule has 2 saturated heterocycles. The number of aliphatic hydroxyl groups is 1. The molecule has 1 saturated carbocycles. The van der Waals surface area contributed by atoms with Gasteiger partial charge in [-0.15, -0.1) is 5.10 Å². The van der Waals surface area contributed by atoms with Crippen LogP contribution < -0.4 is 24.7 Å². The van der Waals surface area contributed by atoms with Crippen LogP contribution in [0.3, 0.4) is 0 Å². The Bertz CT molecular complexity index is 2000. The number of amides is 1. The van der Waals surface area contributed by atoms with E-state index in [2.05, 4.69) is 10.3 Å². The number of carboxylic acids is 1. The number of ether oxygens (including phenoxy) is 3. The van der Waals surface area contributed by atoms with Crippen molar-refractivity contribution in [2.24, 2.45) is 0 Å². The van der Waals surface area contributed by atoms with E-state index >= 15 is 8.78 Å². The van der Waals surface area contributed by atoms with Crippen LogP contribution in [0.25, 0.3) is 10.9 Å². The molecule has 5 heterocycles. The van der Waals surface area contributed by atoms with E-state index in [0.717, 1.165) is 25.0 Å². The maximum atomic E-state index is 15.7. The Morgan fingerprint density at radius 1 is 1.15 bits per heavy atom. The number of aromatic nitrogens is 4. The zero-order valence-electron chi connectivity index (χ0n) is 24.7. The van der Waals surface area contributed by atoms with Crippen LogP contribution in [0.15, 0.2) is 47.7 Å². The van der Waals surface area contributed by atoms with Crippen LogP contribution in [0.2, 0.25) is 0 Å². The maximum absolute atomic E-state index is 15.7. The van der Waals surface area contributed by atoms with Crippen LogP contribution >= 0.6 is 0 Å². The first kappa shape index (κ1) is 29.2. The molecule has 2 aromatic heterocycles. The molecule has 1 aliphatic carbocycles. The Kier molecular flexibility index (Phi) is 6.61. The highest BCUT2D eigenvalue weighted by Gasteiger charge is 2.48. The van der Waals surface area contributed by atoms with Crippen molar-refractivity contribution in [1.29, 1.82) is 0 Å². The van der Waals surface area contributed by atoms with Gasteiger partial charge in [-0.2, -0.15) is 0 Å². The number of carbonyl (C=O) groups is 2. The van der Waals surface area contributed by atoms with Gasteiger partial charge in [0.2, 0.25) is 5.43 Å². The van der Waals surface area contributed by atoms with Crippen LogP contribution in [0, 0.1) is 11.6 Å². The molecule has 47 heavy (non-hydrogen) atoms. The second kappa shape index (κ2) is 10.7. The minimum Gasteiger partial charge on any atom is -0.487 e. The lowest BCUT2D eigenvalue weighted by molar-refractivity contribution is 0.00980. The summed E-state index contributed by atoms with van der Waals surface area (Å²) in [7, 11) is 0. The number of carboxylic acid groups (broad SMARTS) is 1. The van der Waals surface area contributed by atoms with E-state index in [1.54, 1.807) is 15.7 Å². The van der Waals surface area contributed by atoms with Gasteiger partial charge in [0.25, 0.3) is 0 Å². The number of anilines is 2. The van der Waals surface area contributed by atoms with E-state index in [0.29, 0.717) is 12.1 Å². The molecular formula is C31H28F2N6O8. The van der Waals surface area contributed by atoms with Gasteiger partial charge < -0.3 is 33.9 Å². The quantitative estimate of drug-likeness (QED) is 0.289. The lowest BCUT2D eigenvalue weighted by Crippen LogP contribution is -2.41. The van der Waals surface area contributed by atoms with Crippen molar-refractivity contribution < 1.29 is 42.8 Å². The predicted octanol–water partition coefficient (Wildman–Crippen LogP) is 2.71. The molecule has 0 radical (unpaired) electrons. The van der Waals surface area contributed by atoms with Crippen LogP contribution in [0.4, 0.5) is 25.0 Å². The number of benzene rings is 2. The van der Waals surface area contributed by atoms with Crippen molar-refractivity contribution in [3.8, 4) is 11.5 Å². The van der Waals surface area contributed by atoms with E-state index < -0.39 is 52.4 Å². The van der Waals surface area contributed by atoms with Gasteiger partial charge in [-0.1, -0.05) is 5.21 Å². The standard InChI is InChI=1S/C31H28F2N6O8/c32-22-7-17(38-11-19(47-30(38)43)10-36-6-5-34-35-36)3-4-24(22)46-15-31(44)9-18-13-45-28-25-20(8-23(33)26(28)39(18)14-31)27(40)21(29(41)42)12-37(25)16-1-2-16/h3-8,12,16,18-19,44H,1-2,9-11,13-15H2,(H,41,42)/t18-,19-,31-/m0/s1. The number of hydrogen-bond acceptors (Lipinski definition) is 10. The highest BCUT2D eigenvalue weighted by Crippen LogP contribution is 2.48. The van der Waals surface area contributed by atoms with Gasteiger partial charge in [0.1, 0.15) is 36.2 Å². The molecular weight excluding hydrogens is 622 g/mol. The van der Waals surface area contributed by atoms with E-state index in [9.17, 15) is 24.6 Å². The third-order valence-corrected chi connectivity index (χ3v) is 9.06. The van der Waals surface area contributed by atoms with Gasteiger partial charge in [0.15, 0.2) is 23.1 Å². The normalized spacial score (nSPS) is 23.4. The topological polar surface area (TPSA) is 161 Å². The summed E-state index contributed by atoms with van der Waals surface area (Å²) in [4.78, 5) is 40.2. The van der Waals surface area contributed by atoms with Crippen LogP contribution in [0.1, 0.15) is 35.7 Å². The zero-order valence-corrected chi connectivity index (χ0v) is 24.7. The molecule has 1 amide bonds. The SMILES string of the molecule is O=C(O)c1cn(C2CC2)c2c3c(c(F)cc2c1=O)N1C[C@](O)(COc2ccc(N4C[C@H](Cn5ccnn5)OC4=O)cc2F)C[C@H]1CO3. The van der Waals surface area contributed by atoms with Crippen molar-refractivity contribution in [1.82, 2.24) is 19.6 Å². The summed E-state index contributed by atoms with van der Waals surface area (Å²) in [5, 5.41) is 28.6. The summed E-state index contributed by atoms with van der Waals surface area (Å²) in [5.74, 6) is -2.95. The van der Waals surface area contributed by atoms with Gasteiger partial charge >= 0.3 is 12.1 Å². The van der Waals surface area contributed by atoms with Crippen molar-refractivity contribution in [3.05, 3.63) is 70.3 Å². The third-order valence-electron chi connectivity index (χ3n) is 9.06. The van der Waals surface area contributed by atoms with Crippen LogP contribution in [-0.2, 0) is 11.3 Å². The molecule has 0 unspecified atom stereocenters. The fourth-order valence-electron chi connectivity index (χ4n) is 6.75. The molecule has 3 aliphatic heterocycles. The smallest absolute Gasteiger partial charge is 0.414 e. The lowest BCUT2D eigenvalue weighted by Gasteiger charge is -2.34. The Morgan fingerprint density at radius 2 is 1.98 bits per heavy atom. The fourth-order valence-corrected chi connectivity index (χ4v) is 6.75. The number of carbonyl (C=O) groups excluding carboxylic acids is 1. The predicted molar refractivity (Wildman–Crippen MR) is 159 cm³/mol. The highest BCUT2D eigenvalue weighted by molar-refractivity contribution is 5.97. The minimum absolute atomic E-state index is 0.0468. The molecule has 3 atom stereocenters. The number of nitrogens with zero attached hydrogens (tertiary/aromatic N) is 6. The van der Waals surface area contributed by atoms with E-state index in [1.165, 1.54) is 34.1 Å². The molecule has 16 heteroatoms. The molecule has 14 nitrogen and oxygen atoms in total. The average Bonchev–Trinajstić information content (AvgIpc) is 3.45. The Balaban J connectivity index is 1.01. The fraction of sp³-hybridized carbons (Fsp3) is 0.387. The summed E-state index contributed by atoms with van der Waals surface area (Å²) >= 11 is 0. The number of cyclic esters (lactones) is 1. The molecule has 4 aromatic rings. The van der Waals surface area contributed by atoms with Crippen LogP contribution in [0.5, 0.6) is 11.5 Å². The lowest BCUT2D eigenvalue weighted by atomic mass is 10.0. The van der Waals surface area contributed by atoms with Gasteiger partial charge in [-0.05, 0) is 31.0 Å². The minimum atomic E-state index is -1.52. The van der Waals surface area contributed by atoms with E-state index in [1.807, 2.05) is 0 Å². The zero-order chi connectivity index (χ0) is 32.6. The number of aromatic carboxylic acids is 1. The summed E-state index contributed by atoms with van der Waals surface area (Å²) in [6.07, 6.45) is 4.99. The number of fused-ring (bicyclic) bond motifs is 5. The Labute approximate surface area is 264 Å². The third kappa shape index (κ3) is 4.99. The van der Waals surface area contributed by atoms with E-state index in [-0.39, 0.29) is 67.0 Å². The number of rotatable bonds is 8.